The zero-order valence-corrected chi connectivity index (χ0v) is 22.4. The summed E-state index contributed by atoms with van der Waals surface area (Å²) in [6.45, 7) is 0. The van der Waals surface area contributed by atoms with Crippen molar-refractivity contribution in [3.05, 3.63) is 120 Å². The molecule has 0 saturated carbocycles. The second kappa shape index (κ2) is 10.8. The largest absolute Gasteiger partial charge is 0.416 e. The lowest BCUT2D eigenvalue weighted by Crippen LogP contribution is -2.25. The molecule has 0 aliphatic carbocycles. The number of alkyl halides is 6. The highest BCUT2D eigenvalue weighted by Gasteiger charge is 2.36. The fourth-order valence-corrected chi connectivity index (χ4v) is 12.1. The van der Waals surface area contributed by atoms with E-state index in [0.717, 1.165) is 59.1 Å². The summed E-state index contributed by atoms with van der Waals surface area (Å²) in [5, 5.41) is 2.03. The van der Waals surface area contributed by atoms with E-state index in [2.05, 4.69) is 0 Å². The molecule has 4 rings (SSSR count). The average molecular weight is 582 g/mol. The summed E-state index contributed by atoms with van der Waals surface area (Å²) < 4.78 is 93.8. The first-order valence-electron chi connectivity index (χ1n) is 11.5. The van der Waals surface area contributed by atoms with Crippen LogP contribution in [0.1, 0.15) is 11.1 Å². The van der Waals surface area contributed by atoms with Crippen molar-refractivity contribution in [1.82, 2.24) is 0 Å². The molecule has 0 N–H and O–H groups in total. The van der Waals surface area contributed by atoms with Crippen LogP contribution in [-0.2, 0) is 28.7 Å². The molecule has 0 spiro atoms. The van der Waals surface area contributed by atoms with Crippen molar-refractivity contribution in [2.24, 2.45) is 0 Å². The first-order chi connectivity index (χ1) is 17.8. The van der Waals surface area contributed by atoms with Crippen LogP contribution in [0.25, 0.3) is 0 Å². The van der Waals surface area contributed by atoms with E-state index >= 15 is 0 Å². The van der Waals surface area contributed by atoms with Crippen LogP contribution >= 0.6 is 13.2 Å². The summed E-state index contributed by atoms with van der Waals surface area (Å²) in [6, 6.07) is 24.1. The lowest BCUT2D eigenvalue weighted by molar-refractivity contribution is -0.138. The minimum atomic E-state index is -4.58. The predicted octanol–water partition coefficient (Wildman–Crippen LogP) is 7.17. The maximum absolute atomic E-state index is 14.7. The minimum Gasteiger partial charge on any atom is -0.314 e. The third kappa shape index (κ3) is 5.98. The van der Waals surface area contributed by atoms with Gasteiger partial charge in [-0.15, -0.1) is 0 Å². The van der Waals surface area contributed by atoms with Crippen LogP contribution in [0.4, 0.5) is 26.3 Å². The van der Waals surface area contributed by atoms with Gasteiger partial charge in [-0.3, -0.25) is 0 Å². The van der Waals surface area contributed by atoms with Gasteiger partial charge >= 0.3 is 12.4 Å². The molecule has 0 amide bonds. The van der Waals surface area contributed by atoms with Crippen molar-refractivity contribution in [2.45, 2.75) is 12.4 Å². The molecular weight excluding hydrogens is 560 g/mol. The summed E-state index contributed by atoms with van der Waals surface area (Å²) in [5.41, 5.74) is -1.81. The molecule has 0 aromatic heterocycles. The quantitative estimate of drug-likeness (QED) is 0.170. The molecule has 4 aromatic carbocycles. The van der Waals surface area contributed by atoms with Crippen molar-refractivity contribution in [3.63, 3.8) is 0 Å². The van der Waals surface area contributed by atoms with Crippen molar-refractivity contribution >= 4 is 46.2 Å². The van der Waals surface area contributed by atoms with Crippen LogP contribution < -0.4 is 21.2 Å². The number of halogens is 6. The van der Waals surface area contributed by atoms with E-state index in [1.54, 1.807) is 0 Å². The van der Waals surface area contributed by atoms with Crippen LogP contribution in [0.5, 0.6) is 0 Å². The van der Waals surface area contributed by atoms with Crippen molar-refractivity contribution in [1.29, 1.82) is 0 Å². The molecule has 0 unspecified atom stereocenters. The standard InChI is InChI=1S/C28H22F6OP2S/c29-27(30,31)21-11-15-23(16-12-21)36(35,24-17-13-22(14-18-24)28(32,33)34)19-20-37(38,25-7-3-1-4-8-25)26-9-5-2-6-10-26/h1-18H,19-20H2. The highest BCUT2D eigenvalue weighted by Crippen LogP contribution is 2.51. The van der Waals surface area contributed by atoms with E-state index in [9.17, 15) is 30.9 Å². The molecule has 38 heavy (non-hydrogen) atoms. The topological polar surface area (TPSA) is 17.1 Å². The van der Waals surface area contributed by atoms with Gasteiger partial charge in [0.1, 0.15) is 7.14 Å². The molecule has 1 nitrogen and oxygen atoms in total. The Morgan fingerprint density at radius 1 is 0.500 bits per heavy atom. The third-order valence-electron chi connectivity index (χ3n) is 6.30. The molecular formula is C28H22F6OP2S. The second-order valence-corrected chi connectivity index (χ2v) is 16.5. The van der Waals surface area contributed by atoms with Gasteiger partial charge in [-0.05, 0) is 41.0 Å². The fraction of sp³-hybridized carbons (Fsp3) is 0.143. The van der Waals surface area contributed by atoms with Gasteiger partial charge < -0.3 is 4.57 Å². The molecule has 4 aromatic rings. The number of benzene rings is 4. The van der Waals surface area contributed by atoms with Gasteiger partial charge in [0.05, 0.1) is 11.1 Å². The third-order valence-corrected chi connectivity index (χ3v) is 14.7. The second-order valence-electron chi connectivity index (χ2n) is 8.69. The molecule has 0 aliphatic heterocycles. The predicted molar refractivity (Wildman–Crippen MR) is 146 cm³/mol. The Morgan fingerprint density at radius 3 is 1.16 bits per heavy atom. The Bertz CT molecular complexity index is 1360. The zero-order valence-electron chi connectivity index (χ0n) is 19.8. The van der Waals surface area contributed by atoms with Gasteiger partial charge in [0.25, 0.3) is 0 Å². The Kier molecular flexibility index (Phi) is 8.09. The van der Waals surface area contributed by atoms with Crippen molar-refractivity contribution in [2.75, 3.05) is 12.3 Å². The van der Waals surface area contributed by atoms with Crippen LogP contribution in [0.15, 0.2) is 109 Å². The summed E-state index contributed by atoms with van der Waals surface area (Å²) in [5.74, 6) is 0. The lowest BCUT2D eigenvalue weighted by atomic mass is 10.2. The lowest BCUT2D eigenvalue weighted by Gasteiger charge is -2.27. The Labute approximate surface area is 221 Å². The Morgan fingerprint density at radius 2 is 0.842 bits per heavy atom. The fourth-order valence-electron chi connectivity index (χ4n) is 4.22. The van der Waals surface area contributed by atoms with E-state index in [1.165, 1.54) is 0 Å². The number of hydrogen-bond donors (Lipinski definition) is 0. The normalized spacial score (nSPS) is 12.9. The van der Waals surface area contributed by atoms with Crippen molar-refractivity contribution in [3.8, 4) is 0 Å². The minimum absolute atomic E-state index is 0.0230. The van der Waals surface area contributed by atoms with Crippen LogP contribution in [0.2, 0.25) is 0 Å². The first kappa shape index (κ1) is 28.4. The van der Waals surface area contributed by atoms with Crippen LogP contribution in [0, 0.1) is 0 Å². The SMILES string of the molecule is O=P(CCP(=S)(c1ccccc1)c1ccccc1)(c1ccc(C(F)(F)F)cc1)c1ccc(C(F)(F)F)cc1. The highest BCUT2D eigenvalue weighted by atomic mass is 32.4. The van der Waals surface area contributed by atoms with Gasteiger partial charge in [0, 0.05) is 22.8 Å². The van der Waals surface area contributed by atoms with E-state index in [4.69, 9.17) is 11.8 Å². The summed E-state index contributed by atoms with van der Waals surface area (Å²) in [7, 11) is -3.68. The molecule has 198 valence electrons. The van der Waals surface area contributed by atoms with Gasteiger partial charge in [-0.25, -0.2) is 0 Å². The zero-order chi connectivity index (χ0) is 27.6. The smallest absolute Gasteiger partial charge is 0.314 e. The molecule has 0 aliphatic rings. The molecule has 10 heteroatoms. The average Bonchev–Trinajstić information content (AvgIpc) is 2.92. The maximum atomic E-state index is 14.7. The van der Waals surface area contributed by atoms with E-state index in [0.29, 0.717) is 0 Å². The van der Waals surface area contributed by atoms with Crippen molar-refractivity contribution < 1.29 is 30.9 Å². The monoisotopic (exact) mass is 582 g/mol. The highest BCUT2D eigenvalue weighted by molar-refractivity contribution is 8.22. The van der Waals surface area contributed by atoms with Gasteiger partial charge in [0.2, 0.25) is 0 Å². The van der Waals surface area contributed by atoms with Gasteiger partial charge in [0.15, 0.2) is 0 Å². The molecule has 0 atom stereocenters. The van der Waals surface area contributed by atoms with Crippen LogP contribution in [-0.4, -0.2) is 12.3 Å². The van der Waals surface area contributed by atoms with Gasteiger partial charge in [-0.1, -0.05) is 96.7 Å². The summed E-state index contributed by atoms with van der Waals surface area (Å²) in [4.78, 5) is 0. The van der Waals surface area contributed by atoms with Gasteiger partial charge in [-0.2, -0.15) is 26.3 Å². The van der Waals surface area contributed by atoms with E-state index in [1.807, 2.05) is 60.7 Å². The summed E-state index contributed by atoms with van der Waals surface area (Å²) >= 11 is 6.23. The molecule has 0 heterocycles. The Balaban J connectivity index is 1.81. The van der Waals surface area contributed by atoms with E-state index in [-0.39, 0.29) is 22.9 Å². The molecule has 0 fully saturated rings. The summed E-state index contributed by atoms with van der Waals surface area (Å²) in [6.07, 6.45) is -8.93. The Hall–Kier alpha value is -2.66. The maximum Gasteiger partial charge on any atom is 0.416 e. The first-order valence-corrected chi connectivity index (χ1v) is 16.4. The molecule has 0 radical (unpaired) electrons. The van der Waals surface area contributed by atoms with Crippen LogP contribution in [0.3, 0.4) is 0 Å². The van der Waals surface area contributed by atoms with E-state index < -0.39 is 36.7 Å². The number of rotatable bonds is 7. The molecule has 0 bridgehead atoms. The number of hydrogen-bond acceptors (Lipinski definition) is 2. The molecule has 0 saturated heterocycles.